The molecule has 168 valence electrons. The SMILES string of the molecule is CC(C)(CO)c1ccc(Nc2ncc(C(=O)O)c(N[C@H](CO)c3ccccc3)n2)cc1F. The van der Waals surface area contributed by atoms with Gasteiger partial charge in [-0.1, -0.05) is 50.2 Å². The molecule has 1 heterocycles. The number of carbonyl (C=O) groups is 1. The highest BCUT2D eigenvalue weighted by molar-refractivity contribution is 5.93. The lowest BCUT2D eigenvalue weighted by atomic mass is 9.85. The molecule has 0 radical (unpaired) electrons. The molecule has 8 nitrogen and oxygen atoms in total. The summed E-state index contributed by atoms with van der Waals surface area (Å²) in [5.41, 5.74) is 0.565. The van der Waals surface area contributed by atoms with E-state index >= 15 is 0 Å². The Balaban J connectivity index is 1.89. The molecule has 0 saturated carbocycles. The van der Waals surface area contributed by atoms with Gasteiger partial charge in [-0.05, 0) is 23.3 Å². The Kier molecular flexibility index (Phi) is 7.01. The van der Waals surface area contributed by atoms with Crippen molar-refractivity contribution in [2.75, 3.05) is 23.8 Å². The lowest BCUT2D eigenvalue weighted by molar-refractivity contribution is 0.0697. The van der Waals surface area contributed by atoms with E-state index in [4.69, 9.17) is 0 Å². The molecule has 0 saturated heterocycles. The van der Waals surface area contributed by atoms with Crippen molar-refractivity contribution in [3.05, 3.63) is 77.2 Å². The average molecular weight is 440 g/mol. The average Bonchev–Trinajstić information content (AvgIpc) is 2.78. The maximum atomic E-state index is 14.6. The van der Waals surface area contributed by atoms with Crippen molar-refractivity contribution in [2.45, 2.75) is 25.3 Å². The summed E-state index contributed by atoms with van der Waals surface area (Å²) in [6.07, 6.45) is 1.14. The van der Waals surface area contributed by atoms with E-state index in [0.717, 1.165) is 11.8 Å². The van der Waals surface area contributed by atoms with E-state index in [2.05, 4.69) is 20.6 Å². The van der Waals surface area contributed by atoms with Gasteiger partial charge in [0.1, 0.15) is 17.2 Å². The fourth-order valence-electron chi connectivity index (χ4n) is 3.15. The van der Waals surface area contributed by atoms with Crippen molar-refractivity contribution in [1.82, 2.24) is 9.97 Å². The standard InChI is InChI=1S/C23H25FN4O4/c1-23(2,13-30)17-9-8-15(10-18(17)24)26-22-25-11-16(21(31)32)20(28-22)27-19(12-29)14-6-4-3-5-7-14/h3-11,19,29-30H,12-13H2,1-2H3,(H,31,32)(H2,25,26,27,28)/t19-/m1/s1. The smallest absolute Gasteiger partial charge is 0.341 e. The fraction of sp³-hybridized carbons (Fsp3) is 0.261. The second kappa shape index (κ2) is 9.71. The number of rotatable bonds is 9. The number of aliphatic hydroxyl groups excluding tert-OH is 2. The van der Waals surface area contributed by atoms with Crippen LogP contribution < -0.4 is 10.6 Å². The number of hydrogen-bond acceptors (Lipinski definition) is 7. The number of anilines is 3. The monoisotopic (exact) mass is 440 g/mol. The first kappa shape index (κ1) is 23.1. The van der Waals surface area contributed by atoms with Crippen LogP contribution in [0.15, 0.2) is 54.7 Å². The van der Waals surface area contributed by atoms with Crippen LogP contribution in [-0.2, 0) is 5.41 Å². The third kappa shape index (κ3) is 5.19. The number of nitrogens with one attached hydrogen (secondary N) is 2. The van der Waals surface area contributed by atoms with Gasteiger partial charge in [-0.2, -0.15) is 4.98 Å². The minimum atomic E-state index is -1.23. The lowest BCUT2D eigenvalue weighted by Crippen LogP contribution is -2.23. The van der Waals surface area contributed by atoms with E-state index in [1.807, 2.05) is 6.07 Å². The second-order valence-electron chi connectivity index (χ2n) is 7.91. The summed E-state index contributed by atoms with van der Waals surface area (Å²) < 4.78 is 14.6. The first-order chi connectivity index (χ1) is 15.2. The lowest BCUT2D eigenvalue weighted by Gasteiger charge is -2.23. The molecule has 0 bridgehead atoms. The van der Waals surface area contributed by atoms with Gasteiger partial charge in [0.05, 0.1) is 19.3 Å². The van der Waals surface area contributed by atoms with E-state index in [-0.39, 0.29) is 30.5 Å². The molecule has 3 aromatic rings. The summed E-state index contributed by atoms with van der Waals surface area (Å²) in [7, 11) is 0. The van der Waals surface area contributed by atoms with Crippen LogP contribution in [0.5, 0.6) is 0 Å². The van der Waals surface area contributed by atoms with Gasteiger partial charge < -0.3 is 26.0 Å². The van der Waals surface area contributed by atoms with E-state index in [9.17, 15) is 24.5 Å². The summed E-state index contributed by atoms with van der Waals surface area (Å²) >= 11 is 0. The molecule has 1 aromatic heterocycles. The first-order valence-electron chi connectivity index (χ1n) is 9.95. The maximum absolute atomic E-state index is 14.6. The molecule has 2 aromatic carbocycles. The first-order valence-corrected chi connectivity index (χ1v) is 9.95. The minimum absolute atomic E-state index is 0.0106. The molecule has 1 atom stereocenters. The highest BCUT2D eigenvalue weighted by Crippen LogP contribution is 2.28. The largest absolute Gasteiger partial charge is 0.477 e. The van der Waals surface area contributed by atoms with E-state index in [1.165, 1.54) is 6.07 Å². The molecule has 0 spiro atoms. The zero-order valence-electron chi connectivity index (χ0n) is 17.7. The fourth-order valence-corrected chi connectivity index (χ4v) is 3.15. The van der Waals surface area contributed by atoms with Crippen molar-refractivity contribution in [3.63, 3.8) is 0 Å². The van der Waals surface area contributed by atoms with Crippen LogP contribution >= 0.6 is 0 Å². The Labute approximate surface area is 184 Å². The number of hydrogen-bond donors (Lipinski definition) is 5. The Morgan fingerprint density at radius 3 is 2.47 bits per heavy atom. The molecule has 0 amide bonds. The maximum Gasteiger partial charge on any atom is 0.341 e. The van der Waals surface area contributed by atoms with E-state index < -0.39 is 23.2 Å². The third-order valence-corrected chi connectivity index (χ3v) is 5.06. The van der Waals surface area contributed by atoms with Gasteiger partial charge >= 0.3 is 5.97 Å². The summed E-state index contributed by atoms with van der Waals surface area (Å²) in [5.74, 6) is -1.67. The quantitative estimate of drug-likeness (QED) is 0.342. The van der Waals surface area contributed by atoms with Crippen LogP contribution in [0, 0.1) is 5.82 Å². The Morgan fingerprint density at radius 1 is 1.16 bits per heavy atom. The Bertz CT molecular complexity index is 1090. The molecular weight excluding hydrogens is 415 g/mol. The van der Waals surface area contributed by atoms with Gasteiger partial charge in [-0.25, -0.2) is 14.2 Å². The molecule has 0 fully saturated rings. The molecule has 0 unspecified atom stereocenters. The van der Waals surface area contributed by atoms with Gasteiger partial charge in [0.15, 0.2) is 0 Å². The third-order valence-electron chi connectivity index (χ3n) is 5.06. The normalized spacial score (nSPS) is 12.3. The highest BCUT2D eigenvalue weighted by Gasteiger charge is 2.23. The number of aromatic nitrogens is 2. The van der Waals surface area contributed by atoms with Gasteiger partial charge in [-0.3, -0.25) is 0 Å². The Morgan fingerprint density at radius 2 is 1.88 bits per heavy atom. The number of aromatic carboxylic acids is 1. The topological polar surface area (TPSA) is 128 Å². The van der Waals surface area contributed by atoms with E-state index in [0.29, 0.717) is 11.3 Å². The number of aliphatic hydroxyl groups is 2. The predicted molar refractivity (Wildman–Crippen MR) is 119 cm³/mol. The molecule has 3 rings (SSSR count). The van der Waals surface area contributed by atoms with Crippen LogP contribution in [0.1, 0.15) is 41.4 Å². The highest BCUT2D eigenvalue weighted by atomic mass is 19.1. The molecule has 0 aliphatic carbocycles. The van der Waals surface area contributed by atoms with Crippen molar-refractivity contribution in [2.24, 2.45) is 0 Å². The van der Waals surface area contributed by atoms with Gasteiger partial charge in [0, 0.05) is 17.3 Å². The zero-order chi connectivity index (χ0) is 23.3. The van der Waals surface area contributed by atoms with E-state index in [1.54, 1.807) is 50.2 Å². The molecular formula is C23H25FN4O4. The number of nitrogens with zero attached hydrogens (tertiary/aromatic N) is 2. The van der Waals surface area contributed by atoms with Gasteiger partial charge in [-0.15, -0.1) is 0 Å². The number of benzene rings is 2. The number of carboxylic acid groups (broad SMARTS) is 1. The molecule has 5 N–H and O–H groups in total. The molecule has 32 heavy (non-hydrogen) atoms. The Hall–Kier alpha value is -3.56. The van der Waals surface area contributed by atoms with Crippen molar-refractivity contribution in [1.29, 1.82) is 0 Å². The molecule has 0 aliphatic heterocycles. The summed E-state index contributed by atoms with van der Waals surface area (Å²) in [6.45, 7) is 2.96. The van der Waals surface area contributed by atoms with Crippen LogP contribution in [0.25, 0.3) is 0 Å². The van der Waals surface area contributed by atoms with Crippen molar-refractivity contribution in [3.8, 4) is 0 Å². The summed E-state index contributed by atoms with van der Waals surface area (Å²) in [5, 5.41) is 34.6. The van der Waals surface area contributed by atoms with Crippen molar-refractivity contribution < 1.29 is 24.5 Å². The van der Waals surface area contributed by atoms with Gasteiger partial charge in [0.2, 0.25) is 5.95 Å². The van der Waals surface area contributed by atoms with Crippen LogP contribution in [0.4, 0.5) is 21.8 Å². The van der Waals surface area contributed by atoms with Gasteiger partial charge in [0.25, 0.3) is 0 Å². The summed E-state index contributed by atoms with van der Waals surface area (Å²) in [6, 6.07) is 12.9. The zero-order valence-corrected chi connectivity index (χ0v) is 17.7. The minimum Gasteiger partial charge on any atom is -0.477 e. The molecule has 9 heteroatoms. The summed E-state index contributed by atoms with van der Waals surface area (Å²) in [4.78, 5) is 19.9. The number of carboxylic acids is 1. The van der Waals surface area contributed by atoms with Crippen LogP contribution in [0.2, 0.25) is 0 Å². The second-order valence-corrected chi connectivity index (χ2v) is 7.91. The number of halogens is 1. The molecule has 0 aliphatic rings. The van der Waals surface area contributed by atoms with Crippen LogP contribution in [0.3, 0.4) is 0 Å². The van der Waals surface area contributed by atoms with Crippen molar-refractivity contribution >= 4 is 23.4 Å². The predicted octanol–water partition coefficient (Wildman–Crippen LogP) is 3.47. The van der Waals surface area contributed by atoms with Crippen LogP contribution in [-0.4, -0.2) is 44.5 Å².